The molecule has 33 heavy (non-hydrogen) atoms. The summed E-state index contributed by atoms with van der Waals surface area (Å²) in [7, 11) is -3.02. The first-order valence-corrected chi connectivity index (χ1v) is 10.9. The maximum Gasteiger partial charge on any atom is 0.275 e. The van der Waals surface area contributed by atoms with Crippen LogP contribution in [-0.4, -0.2) is 51.4 Å². The van der Waals surface area contributed by atoms with Crippen molar-refractivity contribution in [3.05, 3.63) is 51.9 Å². The number of ether oxygens (including phenoxy) is 1. The zero-order chi connectivity index (χ0) is 24.6. The minimum Gasteiger partial charge on any atom is -0.495 e. The summed E-state index contributed by atoms with van der Waals surface area (Å²) in [5.41, 5.74) is 9.71. The van der Waals surface area contributed by atoms with E-state index in [9.17, 15) is 22.8 Å². The molecule has 0 atom stereocenters. The Morgan fingerprint density at radius 3 is 2.61 bits per heavy atom. The highest BCUT2D eigenvalue weighted by atomic mass is 32.2. The molecule has 0 fully saturated rings. The van der Waals surface area contributed by atoms with E-state index < -0.39 is 21.5 Å². The third-order valence-electron chi connectivity index (χ3n) is 4.24. The van der Waals surface area contributed by atoms with Gasteiger partial charge in [0.05, 0.1) is 13.7 Å². The molecule has 178 valence electrons. The molecule has 0 aliphatic heterocycles. The number of carbonyl (C=O) groups is 2. The van der Waals surface area contributed by atoms with Gasteiger partial charge < -0.3 is 30.9 Å². The van der Waals surface area contributed by atoms with Crippen molar-refractivity contribution in [2.45, 2.75) is 18.4 Å². The van der Waals surface area contributed by atoms with Gasteiger partial charge in [-0.25, -0.2) is 8.42 Å². The van der Waals surface area contributed by atoms with E-state index in [1.165, 1.54) is 31.4 Å². The highest BCUT2D eigenvalue weighted by molar-refractivity contribution is 7.92. The van der Waals surface area contributed by atoms with Gasteiger partial charge in [-0.05, 0) is 42.4 Å². The lowest BCUT2D eigenvalue weighted by molar-refractivity contribution is -0.122. The predicted molar refractivity (Wildman–Crippen MR) is 119 cm³/mol. The van der Waals surface area contributed by atoms with Crippen LogP contribution < -0.4 is 31.8 Å². The molecule has 2 aromatic rings. The lowest BCUT2D eigenvalue weighted by Crippen LogP contribution is -2.36. The second-order valence-corrected chi connectivity index (χ2v) is 8.26. The van der Waals surface area contributed by atoms with Crippen molar-refractivity contribution in [2.24, 2.45) is 16.6 Å². The molecule has 1 heterocycles. The normalized spacial score (nSPS) is 10.7. The van der Waals surface area contributed by atoms with Gasteiger partial charge in [-0.1, -0.05) is 0 Å². The monoisotopic (exact) mass is 480 g/mol. The Morgan fingerprint density at radius 1 is 1.24 bits per heavy atom. The van der Waals surface area contributed by atoms with E-state index in [-0.39, 0.29) is 47.6 Å². The number of sulfonamides is 1. The molecule has 6 N–H and O–H groups in total. The van der Waals surface area contributed by atoms with Crippen LogP contribution in [0, 0.1) is 6.92 Å². The quantitative estimate of drug-likeness (QED) is 0.103. The van der Waals surface area contributed by atoms with Gasteiger partial charge in [-0.2, -0.15) is 0 Å². The Hall–Kier alpha value is -4.07. The van der Waals surface area contributed by atoms with E-state index >= 15 is 0 Å². The average molecular weight is 481 g/mol. The highest BCUT2D eigenvalue weighted by Gasteiger charge is 2.22. The van der Waals surface area contributed by atoms with Gasteiger partial charge in [0.1, 0.15) is 35.8 Å². The van der Waals surface area contributed by atoms with E-state index in [4.69, 9.17) is 21.0 Å². The highest BCUT2D eigenvalue weighted by Crippen LogP contribution is 2.26. The largest absolute Gasteiger partial charge is 0.495 e. The van der Waals surface area contributed by atoms with Gasteiger partial charge in [-0.3, -0.25) is 19.1 Å². The lowest BCUT2D eigenvalue weighted by atomic mass is 10.2. The summed E-state index contributed by atoms with van der Waals surface area (Å²) in [6.45, 7) is 1.29. The third-order valence-corrected chi connectivity index (χ3v) is 5.62. The number of aromatic nitrogens is 1. The molecule has 0 aliphatic rings. The molecule has 2 rings (SSSR count). The number of aryl methyl sites for hydroxylation is 1. The minimum absolute atomic E-state index is 0.000947. The van der Waals surface area contributed by atoms with Crippen molar-refractivity contribution < 1.29 is 27.6 Å². The van der Waals surface area contributed by atoms with Gasteiger partial charge in [0.15, 0.2) is 0 Å². The smallest absolute Gasteiger partial charge is 0.275 e. The van der Waals surface area contributed by atoms with Crippen LogP contribution in [0.4, 0.5) is 5.69 Å². The molecule has 0 radical (unpaired) electrons. The Bertz CT molecular complexity index is 1220. The first-order chi connectivity index (χ1) is 15.6. The zero-order valence-corrected chi connectivity index (χ0v) is 18.7. The number of nitrogens with one attached hydrogen (secondary N) is 2. The maximum absolute atomic E-state index is 12.9. The number of methoxy groups -OCH3 is 1. The van der Waals surface area contributed by atoms with Crippen molar-refractivity contribution >= 4 is 33.9 Å². The Kier molecular flexibility index (Phi) is 8.39. The number of benzene rings is 1. The van der Waals surface area contributed by atoms with Crippen molar-refractivity contribution in [2.75, 3.05) is 25.0 Å². The Labute approximate surface area is 189 Å². The zero-order valence-electron chi connectivity index (χ0n) is 17.9. The molecule has 1 aromatic carbocycles. The molecular weight excluding hydrogens is 456 g/mol. The molecule has 0 bridgehead atoms. The number of guanidine groups is 1. The number of nitrogens with zero attached hydrogens (tertiary/aromatic N) is 2. The fraction of sp³-hybridized carbons (Fsp3) is 0.263. The van der Waals surface area contributed by atoms with Crippen molar-refractivity contribution in [3.63, 3.8) is 0 Å². The molecule has 1 amide bonds. The standard InChI is InChI=1S/C19H24N6O7S/c1-12-3-5-14(18(28)25(12)10-17(27)22-7-8-32-23-19(20)21)24-33(29,30)16-9-13(11-26)4-6-15(16)31-2/h3-6,9,11,24H,7-8,10H2,1-2H3,(H,22,27)(H4,20,21,23). The van der Waals surface area contributed by atoms with E-state index in [0.29, 0.717) is 12.0 Å². The molecule has 1 aromatic heterocycles. The fourth-order valence-corrected chi connectivity index (χ4v) is 3.94. The van der Waals surface area contributed by atoms with Crippen molar-refractivity contribution in [3.8, 4) is 5.75 Å². The summed E-state index contributed by atoms with van der Waals surface area (Å²) in [5, 5.41) is 5.82. The van der Waals surface area contributed by atoms with Gasteiger partial charge in [0, 0.05) is 11.3 Å². The summed E-state index contributed by atoms with van der Waals surface area (Å²) in [4.78, 5) is 40.5. The lowest BCUT2D eigenvalue weighted by Gasteiger charge is -2.15. The van der Waals surface area contributed by atoms with E-state index in [2.05, 4.69) is 15.2 Å². The number of carbonyl (C=O) groups excluding carboxylic acids is 2. The van der Waals surface area contributed by atoms with Crippen LogP contribution in [0.3, 0.4) is 0 Å². The van der Waals surface area contributed by atoms with Crippen LogP contribution >= 0.6 is 0 Å². The molecule has 14 heteroatoms. The minimum atomic E-state index is -4.29. The number of aldehydes is 1. The van der Waals surface area contributed by atoms with Crippen molar-refractivity contribution in [1.82, 2.24) is 9.88 Å². The molecule has 13 nitrogen and oxygen atoms in total. The van der Waals surface area contributed by atoms with Crippen LogP contribution in [0.5, 0.6) is 5.75 Å². The fourth-order valence-electron chi connectivity index (χ4n) is 2.68. The van der Waals surface area contributed by atoms with Crippen LogP contribution in [0.15, 0.2) is 45.2 Å². The maximum atomic E-state index is 12.9. The molecular formula is C19H24N6O7S. The number of hydrogen-bond donors (Lipinski definition) is 4. The summed E-state index contributed by atoms with van der Waals surface area (Å²) in [6, 6.07) is 6.60. The molecule has 0 spiro atoms. The number of nitrogens with two attached hydrogens (primary N) is 2. The molecule has 0 saturated carbocycles. The van der Waals surface area contributed by atoms with E-state index in [1.54, 1.807) is 6.92 Å². The first kappa shape index (κ1) is 25.2. The van der Waals surface area contributed by atoms with Crippen molar-refractivity contribution in [1.29, 1.82) is 0 Å². The number of amides is 1. The topological polar surface area (TPSA) is 197 Å². The van der Waals surface area contributed by atoms with Gasteiger partial charge in [-0.15, -0.1) is 0 Å². The van der Waals surface area contributed by atoms with Gasteiger partial charge in [0.25, 0.3) is 15.6 Å². The SMILES string of the molecule is COc1ccc(C=O)cc1S(=O)(=O)Nc1ccc(C)n(CC(=O)NCCON=C(N)N)c1=O. The second-order valence-electron chi connectivity index (χ2n) is 6.61. The van der Waals surface area contributed by atoms with Gasteiger partial charge >= 0.3 is 0 Å². The number of rotatable bonds is 11. The predicted octanol–water partition coefficient (Wildman–Crippen LogP) is -0.900. The summed E-state index contributed by atoms with van der Waals surface area (Å²) < 4.78 is 34.1. The second kappa shape index (κ2) is 11.0. The Morgan fingerprint density at radius 2 is 1.97 bits per heavy atom. The third kappa shape index (κ3) is 6.70. The van der Waals surface area contributed by atoms with Crippen LogP contribution in [-0.2, 0) is 26.2 Å². The average Bonchev–Trinajstić information content (AvgIpc) is 2.77. The number of hydrogen-bond acceptors (Lipinski definition) is 8. The summed E-state index contributed by atoms with van der Waals surface area (Å²) >= 11 is 0. The molecule has 0 saturated heterocycles. The molecule has 0 aliphatic carbocycles. The van der Waals surface area contributed by atoms with Crippen LogP contribution in [0.2, 0.25) is 0 Å². The summed E-state index contributed by atoms with van der Waals surface area (Å²) in [5.74, 6) is -0.796. The van der Waals surface area contributed by atoms with Gasteiger partial charge in [0.2, 0.25) is 11.9 Å². The number of oxime groups is 1. The number of anilines is 1. The van der Waals surface area contributed by atoms with E-state index in [1.807, 2.05) is 0 Å². The van der Waals surface area contributed by atoms with Crippen LogP contribution in [0.25, 0.3) is 0 Å². The first-order valence-electron chi connectivity index (χ1n) is 9.43. The number of pyridine rings is 1. The molecule has 0 unspecified atom stereocenters. The summed E-state index contributed by atoms with van der Waals surface area (Å²) in [6.07, 6.45) is 0.484. The van der Waals surface area contributed by atoms with Crippen LogP contribution in [0.1, 0.15) is 16.1 Å². The van der Waals surface area contributed by atoms with E-state index in [0.717, 1.165) is 10.6 Å². The Balaban J connectivity index is 2.23.